The maximum Gasteiger partial charge on any atom is 0.498 e. The Kier molecular flexibility index (Phi) is 6.17. The molecule has 1 atom stereocenters. The minimum absolute atomic E-state index is 0.109. The number of halogens is 4. The van der Waals surface area contributed by atoms with Crippen LogP contribution in [0.3, 0.4) is 0 Å². The summed E-state index contributed by atoms with van der Waals surface area (Å²) in [6.45, 7) is 3.11. The third kappa shape index (κ3) is 4.28. The number of benzene rings is 2. The molecule has 0 aliphatic carbocycles. The van der Waals surface area contributed by atoms with Crippen molar-refractivity contribution in [2.45, 2.75) is 35.2 Å². The fourth-order valence-corrected chi connectivity index (χ4v) is 4.86. The quantitative estimate of drug-likeness (QED) is 0.520. The molecule has 1 unspecified atom stereocenters. The van der Waals surface area contributed by atoms with E-state index in [2.05, 4.69) is 0 Å². The normalized spacial score (nSPS) is 13.7. The molecule has 2 aromatic carbocycles. The molecule has 0 aliphatic heterocycles. The minimum atomic E-state index is -5.28. The van der Waals surface area contributed by atoms with Crippen molar-refractivity contribution in [1.29, 1.82) is 0 Å². The summed E-state index contributed by atoms with van der Waals surface area (Å²) >= 11 is 3.94. The molecule has 10 heteroatoms. The van der Waals surface area contributed by atoms with E-state index < -0.39 is 47.6 Å². The summed E-state index contributed by atoms with van der Waals surface area (Å²) in [6.07, 6.45) is -5.28. The second-order valence-corrected chi connectivity index (χ2v) is 9.71. The van der Waals surface area contributed by atoms with Gasteiger partial charge in [-0.3, -0.25) is 0 Å². The zero-order chi connectivity index (χ0) is 19.7. The number of alkyl halides is 3. The predicted octanol–water partition coefficient (Wildman–Crippen LogP) is 4.57. The summed E-state index contributed by atoms with van der Waals surface area (Å²) in [5.74, 6) is 0. The van der Waals surface area contributed by atoms with Crippen molar-refractivity contribution in [2.24, 2.45) is 0 Å². The van der Waals surface area contributed by atoms with Crippen LogP contribution in [0.15, 0.2) is 58.3 Å². The van der Waals surface area contributed by atoms with Gasteiger partial charge in [0, 0.05) is 5.02 Å². The van der Waals surface area contributed by atoms with Crippen LogP contribution in [0, 0.1) is 0 Å². The van der Waals surface area contributed by atoms with E-state index in [1.165, 1.54) is 24.3 Å². The smallest absolute Gasteiger partial charge is 0.498 e. The van der Waals surface area contributed by atoms with E-state index in [-0.39, 0.29) is 9.92 Å². The van der Waals surface area contributed by atoms with Gasteiger partial charge >= 0.3 is 6.30 Å². The Morgan fingerprint density at radius 2 is 1.69 bits per heavy atom. The van der Waals surface area contributed by atoms with Crippen LogP contribution >= 0.6 is 11.6 Å². The van der Waals surface area contributed by atoms with Crippen molar-refractivity contribution in [3.63, 3.8) is 0 Å². The highest BCUT2D eigenvalue weighted by Crippen LogP contribution is 2.40. The van der Waals surface area contributed by atoms with E-state index in [0.29, 0.717) is 0 Å². The lowest BCUT2D eigenvalue weighted by atomic mass is 10.3. The lowest BCUT2D eigenvalue weighted by Gasteiger charge is -2.28. The maximum atomic E-state index is 13.8. The van der Waals surface area contributed by atoms with E-state index >= 15 is 0 Å². The highest BCUT2D eigenvalue weighted by molar-refractivity contribution is 7.93. The Labute approximate surface area is 157 Å². The number of hydrogen-bond donors (Lipinski definition) is 0. The first-order valence-electron chi connectivity index (χ1n) is 7.33. The molecule has 0 amide bonds. The van der Waals surface area contributed by atoms with Gasteiger partial charge in [-0.05, 0) is 55.4 Å². The van der Waals surface area contributed by atoms with Crippen molar-refractivity contribution >= 4 is 38.5 Å². The van der Waals surface area contributed by atoms with Gasteiger partial charge in [0.2, 0.25) is 0 Å². The Bertz CT molecular complexity index is 874. The Morgan fingerprint density at radius 1 is 1.12 bits per heavy atom. The van der Waals surface area contributed by atoms with Crippen molar-refractivity contribution in [2.75, 3.05) is 4.31 Å². The summed E-state index contributed by atoms with van der Waals surface area (Å²) < 4.78 is 78.5. The first kappa shape index (κ1) is 20.9. The average Bonchev–Trinajstić information content (AvgIpc) is 2.53. The van der Waals surface area contributed by atoms with Crippen molar-refractivity contribution in [3.05, 3.63) is 53.6 Å². The summed E-state index contributed by atoms with van der Waals surface area (Å²) in [5, 5.41) is -0.633. The summed E-state index contributed by atoms with van der Waals surface area (Å²) in [4.78, 5) is -0.806. The van der Waals surface area contributed by atoms with Gasteiger partial charge in [-0.2, -0.15) is 4.31 Å². The molecular formula is C16H15ClF3NO3S2. The highest BCUT2D eigenvalue weighted by atomic mass is 35.5. The lowest BCUT2D eigenvalue weighted by Crippen LogP contribution is -2.43. The molecule has 0 radical (unpaired) electrons. The number of anilines is 1. The van der Waals surface area contributed by atoms with Gasteiger partial charge in [-0.1, -0.05) is 29.8 Å². The van der Waals surface area contributed by atoms with Crippen LogP contribution in [-0.4, -0.2) is 24.5 Å². The maximum absolute atomic E-state index is 13.8. The standard InChI is InChI=1S/C16H15ClF3NO3S2/c1-11(2)25(22)15-9-8-12(17)10-14(15)21(16(18,19)20)26(23,24)13-6-4-3-5-7-13/h3-11H,1-2H3. The molecule has 0 heterocycles. The van der Waals surface area contributed by atoms with Crippen LogP contribution in [-0.2, 0) is 21.2 Å². The lowest BCUT2D eigenvalue weighted by molar-refractivity contribution is -0.116. The summed E-state index contributed by atoms with van der Waals surface area (Å²) in [5.41, 5.74) is -0.777. The summed E-state index contributed by atoms with van der Waals surface area (Å²) in [6, 6.07) is 9.48. The van der Waals surface area contributed by atoms with Crippen molar-refractivity contribution in [3.8, 4) is 0 Å². The van der Waals surface area contributed by atoms with Gasteiger partial charge < -0.3 is 4.55 Å². The second kappa shape index (κ2) is 7.67. The average molecular weight is 426 g/mol. The van der Waals surface area contributed by atoms with E-state index in [1.807, 2.05) is 0 Å². The van der Waals surface area contributed by atoms with E-state index in [9.17, 15) is 26.1 Å². The van der Waals surface area contributed by atoms with E-state index in [0.717, 1.165) is 24.3 Å². The first-order chi connectivity index (χ1) is 12.0. The van der Waals surface area contributed by atoms with Gasteiger partial charge in [0.05, 0.1) is 4.90 Å². The van der Waals surface area contributed by atoms with Crippen molar-refractivity contribution in [1.82, 2.24) is 0 Å². The number of hydrogen-bond acceptors (Lipinski definition) is 3. The van der Waals surface area contributed by atoms with Crippen LogP contribution in [0.25, 0.3) is 0 Å². The molecule has 2 rings (SSSR count). The topological polar surface area (TPSA) is 60.4 Å². The van der Waals surface area contributed by atoms with Crippen LogP contribution in [0.5, 0.6) is 0 Å². The molecule has 142 valence electrons. The van der Waals surface area contributed by atoms with Gasteiger partial charge in [-0.25, -0.2) is 8.42 Å². The van der Waals surface area contributed by atoms with Crippen LogP contribution in [0.4, 0.5) is 18.9 Å². The molecule has 26 heavy (non-hydrogen) atoms. The van der Waals surface area contributed by atoms with E-state index in [4.69, 9.17) is 11.6 Å². The van der Waals surface area contributed by atoms with Gasteiger partial charge in [0.25, 0.3) is 10.0 Å². The van der Waals surface area contributed by atoms with Crippen LogP contribution < -0.4 is 4.31 Å². The molecule has 0 aliphatic rings. The molecule has 0 saturated heterocycles. The zero-order valence-corrected chi connectivity index (χ0v) is 16.1. The zero-order valence-electron chi connectivity index (χ0n) is 13.7. The second-order valence-electron chi connectivity index (χ2n) is 5.51. The molecule has 0 spiro atoms. The summed E-state index contributed by atoms with van der Waals surface area (Å²) in [7, 11) is -5.00. The molecule has 4 nitrogen and oxygen atoms in total. The van der Waals surface area contributed by atoms with Crippen LogP contribution in [0.1, 0.15) is 13.8 Å². The third-order valence-corrected chi connectivity index (χ3v) is 6.92. The van der Waals surface area contributed by atoms with Gasteiger partial charge in [0.15, 0.2) is 4.90 Å². The Hall–Kier alpha value is -1.42. The van der Waals surface area contributed by atoms with E-state index in [1.54, 1.807) is 13.8 Å². The Balaban J connectivity index is 2.76. The molecular weight excluding hydrogens is 411 g/mol. The fourth-order valence-electron chi connectivity index (χ4n) is 2.17. The molecule has 0 aromatic heterocycles. The largest absolute Gasteiger partial charge is 0.611 e. The third-order valence-electron chi connectivity index (χ3n) is 3.30. The molecule has 0 bridgehead atoms. The number of rotatable bonds is 5. The SMILES string of the molecule is CC(C)[S+]([O-])c1ccc(Cl)cc1N(C(F)(F)F)S(=O)(=O)c1ccccc1. The van der Waals surface area contributed by atoms with Gasteiger partial charge in [-0.15, -0.1) is 13.2 Å². The minimum Gasteiger partial charge on any atom is -0.611 e. The molecule has 0 saturated carbocycles. The monoisotopic (exact) mass is 425 g/mol. The fraction of sp³-hybridized carbons (Fsp3) is 0.250. The van der Waals surface area contributed by atoms with Crippen molar-refractivity contribution < 1.29 is 26.1 Å². The Morgan fingerprint density at radius 3 is 2.19 bits per heavy atom. The molecule has 0 N–H and O–H groups in total. The van der Waals surface area contributed by atoms with Crippen LogP contribution in [0.2, 0.25) is 5.02 Å². The molecule has 2 aromatic rings. The highest BCUT2D eigenvalue weighted by Gasteiger charge is 2.49. The first-order valence-corrected chi connectivity index (χ1v) is 10.4. The number of sulfonamides is 1. The predicted molar refractivity (Wildman–Crippen MR) is 95.2 cm³/mol. The molecule has 0 fully saturated rings. The van der Waals surface area contributed by atoms with Gasteiger partial charge in [0.1, 0.15) is 10.9 Å². The number of nitrogens with zero attached hydrogens (tertiary/aromatic N) is 1.